The number of rotatable bonds is 10. The molecular formula is C35H29Cl2N5. The van der Waals surface area contributed by atoms with Gasteiger partial charge in [0.25, 0.3) is 0 Å². The fourth-order valence-corrected chi connectivity index (χ4v) is 5.92. The van der Waals surface area contributed by atoms with E-state index < -0.39 is 0 Å². The van der Waals surface area contributed by atoms with Crippen LogP contribution in [0.5, 0.6) is 0 Å². The van der Waals surface area contributed by atoms with Crippen LogP contribution < -0.4 is 0 Å². The van der Waals surface area contributed by atoms with E-state index in [1.54, 1.807) is 6.07 Å². The van der Waals surface area contributed by atoms with Crippen LogP contribution in [0, 0.1) is 0 Å². The summed E-state index contributed by atoms with van der Waals surface area (Å²) in [5.74, 6) is 0.684. The van der Waals surface area contributed by atoms with Crippen LogP contribution in [0.2, 0.25) is 10.0 Å². The van der Waals surface area contributed by atoms with Crippen molar-refractivity contribution in [3.8, 4) is 0 Å². The van der Waals surface area contributed by atoms with Crippen LogP contribution in [0.3, 0.4) is 0 Å². The van der Waals surface area contributed by atoms with Gasteiger partial charge in [-0.25, -0.2) is 4.68 Å². The Bertz CT molecular complexity index is 1630. The van der Waals surface area contributed by atoms with Crippen LogP contribution in [0.1, 0.15) is 45.7 Å². The SMILES string of the molecule is Clc1ccc(C(c2nnnn2C(c2ccccc2)c2ccccc2)N(Cc2ccccc2)Cc2ccccc2)c(Cl)c1. The molecule has 6 rings (SSSR count). The summed E-state index contributed by atoms with van der Waals surface area (Å²) in [6, 6.07) is 46.5. The lowest BCUT2D eigenvalue weighted by molar-refractivity contribution is 0.194. The van der Waals surface area contributed by atoms with Crippen molar-refractivity contribution in [1.82, 2.24) is 25.1 Å². The van der Waals surface area contributed by atoms with E-state index in [9.17, 15) is 0 Å². The Balaban J connectivity index is 1.55. The van der Waals surface area contributed by atoms with Gasteiger partial charge < -0.3 is 0 Å². The molecule has 0 saturated carbocycles. The minimum Gasteiger partial charge on any atom is -0.281 e. The highest BCUT2D eigenvalue weighted by Crippen LogP contribution is 2.38. The van der Waals surface area contributed by atoms with E-state index in [1.807, 2.05) is 65.3 Å². The van der Waals surface area contributed by atoms with Crippen molar-refractivity contribution in [2.75, 3.05) is 0 Å². The van der Waals surface area contributed by atoms with Gasteiger partial charge in [-0.3, -0.25) is 4.90 Å². The Hall–Kier alpha value is -4.29. The molecule has 0 bridgehead atoms. The number of nitrogens with zero attached hydrogens (tertiary/aromatic N) is 5. The van der Waals surface area contributed by atoms with Crippen molar-refractivity contribution in [3.05, 3.63) is 183 Å². The molecule has 1 heterocycles. The van der Waals surface area contributed by atoms with E-state index in [4.69, 9.17) is 28.3 Å². The molecule has 0 aliphatic carbocycles. The molecule has 42 heavy (non-hydrogen) atoms. The minimum atomic E-state index is -0.389. The number of benzene rings is 5. The van der Waals surface area contributed by atoms with Gasteiger partial charge in [0.15, 0.2) is 5.82 Å². The van der Waals surface area contributed by atoms with Crippen LogP contribution in [0.4, 0.5) is 0 Å². The molecule has 1 unspecified atom stereocenters. The Morgan fingerprint density at radius 3 is 1.62 bits per heavy atom. The first kappa shape index (κ1) is 27.9. The zero-order valence-electron chi connectivity index (χ0n) is 22.8. The predicted molar refractivity (Wildman–Crippen MR) is 168 cm³/mol. The van der Waals surface area contributed by atoms with Crippen molar-refractivity contribution in [1.29, 1.82) is 0 Å². The lowest BCUT2D eigenvalue weighted by Gasteiger charge is -2.33. The second kappa shape index (κ2) is 13.1. The van der Waals surface area contributed by atoms with Gasteiger partial charge in [0, 0.05) is 23.1 Å². The highest BCUT2D eigenvalue weighted by atomic mass is 35.5. The molecule has 5 nitrogen and oxygen atoms in total. The number of hydrogen-bond donors (Lipinski definition) is 0. The fourth-order valence-electron chi connectivity index (χ4n) is 5.41. The highest BCUT2D eigenvalue weighted by molar-refractivity contribution is 6.35. The van der Waals surface area contributed by atoms with Crippen LogP contribution in [-0.2, 0) is 13.1 Å². The number of hydrogen-bond acceptors (Lipinski definition) is 4. The molecule has 0 aliphatic rings. The maximum atomic E-state index is 6.97. The largest absolute Gasteiger partial charge is 0.281 e. The standard InChI is InChI=1S/C35H29Cl2N5/c36-30-21-22-31(32(37)23-30)34(41(24-26-13-5-1-6-14-26)25-27-15-7-2-8-16-27)35-38-39-40-42(35)33(28-17-9-3-10-18-28)29-19-11-4-12-20-29/h1-23,33-34H,24-25H2. The monoisotopic (exact) mass is 589 g/mol. The molecule has 7 heteroatoms. The summed E-state index contributed by atoms with van der Waals surface area (Å²) in [7, 11) is 0. The molecule has 0 N–H and O–H groups in total. The quantitative estimate of drug-likeness (QED) is 0.161. The topological polar surface area (TPSA) is 46.8 Å². The summed E-state index contributed by atoms with van der Waals surface area (Å²) < 4.78 is 1.93. The van der Waals surface area contributed by atoms with Gasteiger partial charge in [-0.15, -0.1) is 5.10 Å². The van der Waals surface area contributed by atoms with Gasteiger partial charge in [0.1, 0.15) is 6.04 Å². The molecule has 5 aromatic carbocycles. The Morgan fingerprint density at radius 2 is 1.12 bits per heavy atom. The molecule has 1 atom stereocenters. The third-order valence-corrected chi connectivity index (χ3v) is 7.88. The summed E-state index contributed by atoms with van der Waals surface area (Å²) in [5, 5.41) is 14.7. The normalized spacial score (nSPS) is 12.1. The van der Waals surface area contributed by atoms with Crippen LogP contribution in [0.15, 0.2) is 140 Å². The van der Waals surface area contributed by atoms with Crippen LogP contribution in [-0.4, -0.2) is 25.1 Å². The average Bonchev–Trinajstić information content (AvgIpc) is 3.49. The minimum absolute atomic E-state index is 0.249. The first-order chi connectivity index (χ1) is 20.7. The molecule has 0 amide bonds. The molecule has 0 radical (unpaired) electrons. The second-order valence-corrected chi connectivity index (χ2v) is 11.0. The second-order valence-electron chi connectivity index (χ2n) is 10.2. The Morgan fingerprint density at radius 1 is 0.619 bits per heavy atom. The van der Waals surface area contributed by atoms with Crippen molar-refractivity contribution < 1.29 is 0 Å². The molecule has 0 saturated heterocycles. The van der Waals surface area contributed by atoms with Gasteiger partial charge in [-0.1, -0.05) is 151 Å². The van der Waals surface area contributed by atoms with Gasteiger partial charge in [0.2, 0.25) is 0 Å². The molecule has 6 aromatic rings. The summed E-state index contributed by atoms with van der Waals surface area (Å²) in [4.78, 5) is 2.37. The third kappa shape index (κ3) is 6.29. The zero-order valence-corrected chi connectivity index (χ0v) is 24.4. The Kier molecular flexibility index (Phi) is 8.71. The molecule has 208 valence electrons. The van der Waals surface area contributed by atoms with Crippen molar-refractivity contribution >= 4 is 23.2 Å². The maximum absolute atomic E-state index is 6.97. The molecular weight excluding hydrogens is 561 g/mol. The number of halogens is 2. The van der Waals surface area contributed by atoms with E-state index in [2.05, 4.69) is 88.1 Å². The van der Waals surface area contributed by atoms with E-state index in [1.165, 1.54) is 11.1 Å². The van der Waals surface area contributed by atoms with Gasteiger partial charge in [0.05, 0.1) is 6.04 Å². The molecule has 0 spiro atoms. The summed E-state index contributed by atoms with van der Waals surface area (Å²) in [5.41, 5.74) is 5.38. The van der Waals surface area contributed by atoms with Gasteiger partial charge >= 0.3 is 0 Å². The van der Waals surface area contributed by atoms with E-state index >= 15 is 0 Å². The first-order valence-corrected chi connectivity index (χ1v) is 14.6. The smallest absolute Gasteiger partial charge is 0.174 e. The average molecular weight is 591 g/mol. The van der Waals surface area contributed by atoms with Crippen molar-refractivity contribution in [2.45, 2.75) is 25.2 Å². The Labute approximate surface area is 256 Å². The highest BCUT2D eigenvalue weighted by Gasteiger charge is 2.33. The molecule has 0 fully saturated rings. The number of aromatic nitrogens is 4. The van der Waals surface area contributed by atoms with Gasteiger partial charge in [-0.05, 0) is 50.4 Å². The fraction of sp³-hybridized carbons (Fsp3) is 0.114. The molecule has 1 aromatic heterocycles. The lowest BCUT2D eigenvalue weighted by atomic mass is 9.97. The van der Waals surface area contributed by atoms with E-state index in [0.717, 1.165) is 16.7 Å². The van der Waals surface area contributed by atoms with E-state index in [0.29, 0.717) is 29.0 Å². The van der Waals surface area contributed by atoms with Crippen LogP contribution in [0.25, 0.3) is 0 Å². The summed E-state index contributed by atoms with van der Waals surface area (Å²) in [6.07, 6.45) is 0. The maximum Gasteiger partial charge on any atom is 0.174 e. The third-order valence-electron chi connectivity index (χ3n) is 7.32. The summed E-state index contributed by atoms with van der Waals surface area (Å²) in [6.45, 7) is 1.29. The van der Waals surface area contributed by atoms with Gasteiger partial charge in [-0.2, -0.15) is 0 Å². The number of tetrazole rings is 1. The first-order valence-electron chi connectivity index (χ1n) is 13.8. The van der Waals surface area contributed by atoms with E-state index in [-0.39, 0.29) is 12.1 Å². The lowest BCUT2D eigenvalue weighted by Crippen LogP contribution is -2.32. The summed E-state index contributed by atoms with van der Waals surface area (Å²) >= 11 is 13.4. The van der Waals surface area contributed by atoms with Crippen LogP contribution >= 0.6 is 23.2 Å². The predicted octanol–water partition coefficient (Wildman–Crippen LogP) is 8.41. The molecule has 0 aliphatic heterocycles. The zero-order chi connectivity index (χ0) is 28.7. The van der Waals surface area contributed by atoms with Crippen molar-refractivity contribution in [2.24, 2.45) is 0 Å². The van der Waals surface area contributed by atoms with Crippen molar-refractivity contribution in [3.63, 3.8) is 0 Å².